The van der Waals surface area contributed by atoms with Crippen molar-refractivity contribution in [3.05, 3.63) is 29.6 Å². The van der Waals surface area contributed by atoms with Gasteiger partial charge in [-0.3, -0.25) is 14.9 Å². The average molecular weight is 333 g/mol. The predicted octanol–water partition coefficient (Wildman–Crippen LogP) is -0.987. The largest absolute Gasteiger partial charge is 0.341 e. The van der Waals surface area contributed by atoms with Gasteiger partial charge in [-0.15, -0.1) is 0 Å². The third-order valence-electron chi connectivity index (χ3n) is 2.71. The molecule has 0 aliphatic carbocycles. The maximum absolute atomic E-state index is 13.4. The molecule has 1 aromatic carbocycles. The van der Waals surface area contributed by atoms with Gasteiger partial charge in [0.15, 0.2) is 30.5 Å². The number of likely N-dealkylation sites (N-methyl/N-ethyl adjacent to an activating group) is 1. The molecule has 126 valence electrons. The number of hydrogen-bond acceptors (Lipinski definition) is 3. The molecule has 0 heterocycles. The molecule has 7 nitrogen and oxygen atoms in total. The second-order valence-electron chi connectivity index (χ2n) is 4.71. The summed E-state index contributed by atoms with van der Waals surface area (Å²) in [4.78, 5) is 34.4. The van der Waals surface area contributed by atoms with Crippen molar-refractivity contribution in [2.75, 3.05) is 32.5 Å². The van der Waals surface area contributed by atoms with Crippen molar-refractivity contribution in [2.45, 2.75) is 0 Å². The van der Waals surface area contributed by atoms with Gasteiger partial charge < -0.3 is 15.5 Å². The number of imide groups is 1. The van der Waals surface area contributed by atoms with Crippen molar-refractivity contribution in [1.82, 2.24) is 10.6 Å². The normalized spacial score (nSPS) is 11.5. The van der Waals surface area contributed by atoms with E-state index in [0.29, 0.717) is 11.0 Å². The van der Waals surface area contributed by atoms with Gasteiger partial charge in [-0.25, -0.2) is 18.0 Å². The Labute approximate surface area is 129 Å². The molecule has 0 fully saturated rings. The molecule has 0 aromatic heterocycles. The lowest BCUT2D eigenvalue weighted by atomic mass is 10.2. The van der Waals surface area contributed by atoms with E-state index in [2.05, 4.69) is 10.6 Å². The molecule has 0 spiro atoms. The van der Waals surface area contributed by atoms with Gasteiger partial charge in [0.2, 0.25) is 0 Å². The zero-order valence-electron chi connectivity index (χ0n) is 12.4. The number of carbonyl (C=O) groups excluding carboxylic acids is 3. The Morgan fingerprint density at radius 2 is 1.65 bits per heavy atom. The summed E-state index contributed by atoms with van der Waals surface area (Å²) in [5.74, 6) is -5.88. The number of halogens is 3. The Balaban J connectivity index is 2.55. The van der Waals surface area contributed by atoms with Gasteiger partial charge in [0.05, 0.1) is 12.7 Å². The number of nitrogens with one attached hydrogen (secondary N) is 4. The highest BCUT2D eigenvalue weighted by Crippen LogP contribution is 2.19. The molecule has 10 heteroatoms. The monoisotopic (exact) mass is 333 g/mol. The maximum atomic E-state index is 13.4. The molecule has 0 saturated heterocycles. The van der Waals surface area contributed by atoms with Crippen molar-refractivity contribution in [2.24, 2.45) is 0 Å². The van der Waals surface area contributed by atoms with Crippen molar-refractivity contribution in [3.63, 3.8) is 0 Å². The maximum Gasteiger partial charge on any atom is 0.321 e. The second-order valence-corrected chi connectivity index (χ2v) is 4.71. The van der Waals surface area contributed by atoms with Crippen LogP contribution in [0.1, 0.15) is 0 Å². The molecule has 1 unspecified atom stereocenters. The lowest BCUT2D eigenvalue weighted by Crippen LogP contribution is -3.11. The van der Waals surface area contributed by atoms with E-state index in [4.69, 9.17) is 0 Å². The standard InChI is InChI=1S/C13H15F3N4O3/c1-17-13(23)19-10(22)6-20(2)5-9(21)18-8-4-3-7(14)11(15)12(8)16/h3-4H,5-6H2,1-2H3,(H,18,21)(H2,17,19,22,23)/p+1. The van der Waals surface area contributed by atoms with E-state index in [1.165, 1.54) is 14.1 Å². The second kappa shape index (κ2) is 8.13. The fourth-order valence-corrected chi connectivity index (χ4v) is 1.66. The molecule has 0 radical (unpaired) electrons. The molecular formula is C13H16F3N4O3+. The Kier molecular flexibility index (Phi) is 6.51. The SMILES string of the molecule is CNC(=O)NC(=O)C[NH+](C)CC(=O)Nc1ccc(F)c(F)c1F. The number of anilines is 1. The smallest absolute Gasteiger partial charge is 0.321 e. The zero-order chi connectivity index (χ0) is 17.6. The van der Waals surface area contributed by atoms with Gasteiger partial charge >= 0.3 is 6.03 Å². The van der Waals surface area contributed by atoms with E-state index in [9.17, 15) is 27.6 Å². The van der Waals surface area contributed by atoms with Crippen molar-refractivity contribution < 1.29 is 32.5 Å². The van der Waals surface area contributed by atoms with Crippen LogP contribution in [0.15, 0.2) is 12.1 Å². The summed E-state index contributed by atoms with van der Waals surface area (Å²) in [6, 6.07) is 0.886. The summed E-state index contributed by atoms with van der Waals surface area (Å²) >= 11 is 0. The summed E-state index contributed by atoms with van der Waals surface area (Å²) < 4.78 is 39.2. The van der Waals surface area contributed by atoms with E-state index in [0.717, 1.165) is 6.07 Å². The van der Waals surface area contributed by atoms with Crippen LogP contribution >= 0.6 is 0 Å². The molecule has 23 heavy (non-hydrogen) atoms. The Bertz CT molecular complexity index is 625. The Morgan fingerprint density at radius 1 is 1.04 bits per heavy atom. The van der Waals surface area contributed by atoms with E-state index >= 15 is 0 Å². The molecule has 4 amide bonds. The van der Waals surface area contributed by atoms with E-state index in [1.807, 2.05) is 5.32 Å². The van der Waals surface area contributed by atoms with Gasteiger partial charge in [0, 0.05) is 7.05 Å². The molecule has 1 rings (SSSR count). The third-order valence-corrected chi connectivity index (χ3v) is 2.71. The number of hydrogen-bond donors (Lipinski definition) is 4. The number of quaternary nitrogens is 1. The molecular weight excluding hydrogens is 317 g/mol. The molecule has 1 aromatic rings. The topological polar surface area (TPSA) is 91.7 Å². The molecule has 1 atom stereocenters. The van der Waals surface area contributed by atoms with Crippen LogP contribution < -0.4 is 20.9 Å². The highest BCUT2D eigenvalue weighted by molar-refractivity contribution is 5.95. The Morgan fingerprint density at radius 3 is 2.26 bits per heavy atom. The number of urea groups is 1. The fourth-order valence-electron chi connectivity index (χ4n) is 1.66. The molecule has 0 bridgehead atoms. The summed E-state index contributed by atoms with van der Waals surface area (Å²) in [7, 11) is 2.83. The highest BCUT2D eigenvalue weighted by atomic mass is 19.2. The van der Waals surface area contributed by atoms with Gasteiger partial charge in [0.25, 0.3) is 11.8 Å². The lowest BCUT2D eigenvalue weighted by Gasteiger charge is -2.13. The van der Waals surface area contributed by atoms with Crippen LogP contribution in [0.25, 0.3) is 0 Å². The first-order chi connectivity index (χ1) is 10.7. The van der Waals surface area contributed by atoms with Gasteiger partial charge in [-0.2, -0.15) is 0 Å². The predicted molar refractivity (Wildman–Crippen MR) is 74.2 cm³/mol. The minimum absolute atomic E-state index is 0.193. The average Bonchev–Trinajstić information content (AvgIpc) is 2.47. The van der Waals surface area contributed by atoms with Crippen LogP contribution in [0.4, 0.5) is 23.7 Å². The number of benzene rings is 1. The molecule has 0 aliphatic heterocycles. The Hall–Kier alpha value is -2.62. The van der Waals surface area contributed by atoms with E-state index < -0.39 is 41.0 Å². The third kappa shape index (κ3) is 5.58. The van der Waals surface area contributed by atoms with Crippen LogP contribution in [0.3, 0.4) is 0 Å². The minimum atomic E-state index is -1.69. The summed E-state index contributed by atoms with van der Waals surface area (Å²) in [6.07, 6.45) is 0. The highest BCUT2D eigenvalue weighted by Gasteiger charge is 2.19. The van der Waals surface area contributed by atoms with Gasteiger partial charge in [-0.05, 0) is 12.1 Å². The van der Waals surface area contributed by atoms with E-state index in [1.54, 1.807) is 0 Å². The van der Waals surface area contributed by atoms with Crippen LogP contribution in [0.2, 0.25) is 0 Å². The zero-order valence-corrected chi connectivity index (χ0v) is 12.4. The van der Waals surface area contributed by atoms with Crippen molar-refractivity contribution in [3.8, 4) is 0 Å². The molecule has 0 aliphatic rings. The summed E-state index contributed by atoms with van der Waals surface area (Å²) in [5.41, 5.74) is -0.503. The van der Waals surface area contributed by atoms with Crippen LogP contribution in [0.5, 0.6) is 0 Å². The first kappa shape index (κ1) is 18.4. The molecule has 0 saturated carbocycles. The van der Waals surface area contributed by atoms with Gasteiger partial charge in [0.1, 0.15) is 0 Å². The number of rotatable bonds is 5. The fraction of sp³-hybridized carbons (Fsp3) is 0.308. The quantitative estimate of drug-likeness (QED) is 0.522. The van der Waals surface area contributed by atoms with Crippen LogP contribution in [-0.2, 0) is 9.59 Å². The number of amides is 4. The summed E-state index contributed by atoms with van der Waals surface area (Å²) in [5, 5.41) is 6.29. The van der Waals surface area contributed by atoms with Crippen molar-refractivity contribution >= 4 is 23.5 Å². The first-order valence-electron chi connectivity index (χ1n) is 6.50. The summed E-state index contributed by atoms with van der Waals surface area (Å²) in [6.45, 7) is -0.444. The van der Waals surface area contributed by atoms with Crippen LogP contribution in [0, 0.1) is 17.5 Å². The van der Waals surface area contributed by atoms with Gasteiger partial charge in [-0.1, -0.05) is 0 Å². The van der Waals surface area contributed by atoms with Crippen LogP contribution in [-0.4, -0.2) is 45.0 Å². The van der Waals surface area contributed by atoms with Crippen molar-refractivity contribution in [1.29, 1.82) is 0 Å². The first-order valence-corrected chi connectivity index (χ1v) is 6.50. The molecule has 4 N–H and O–H groups in total. The van der Waals surface area contributed by atoms with E-state index in [-0.39, 0.29) is 13.1 Å². The number of carbonyl (C=O) groups is 3. The lowest BCUT2D eigenvalue weighted by molar-refractivity contribution is -0.862. The minimum Gasteiger partial charge on any atom is -0.341 e.